The number of benzene rings is 1. The number of aromatic nitrogens is 3. The standard InChI is InChI=1S/C17H20FN5O3.ClH/c1-10-15(21-22-23(10)12-5-7-19-8-6-12)16(24)20-14-9-11(17(25)26-2)3-4-13(14)18;/h3-4,9,12,19H,5-8H2,1-2H3,(H,20,24);1H. The van der Waals surface area contributed by atoms with Gasteiger partial charge in [0, 0.05) is 0 Å². The second-order valence-electron chi connectivity index (χ2n) is 6.09. The van der Waals surface area contributed by atoms with Crippen molar-refractivity contribution in [1.29, 1.82) is 0 Å². The predicted octanol–water partition coefficient (Wildman–Crippen LogP) is 2.11. The number of rotatable bonds is 4. The summed E-state index contributed by atoms with van der Waals surface area (Å²) in [6.07, 6.45) is 1.81. The molecule has 8 nitrogen and oxygen atoms in total. The molecule has 10 heteroatoms. The Morgan fingerprint density at radius 3 is 2.70 bits per heavy atom. The first kappa shape index (κ1) is 20.8. The first-order valence-corrected chi connectivity index (χ1v) is 8.33. The highest BCUT2D eigenvalue weighted by atomic mass is 35.5. The summed E-state index contributed by atoms with van der Waals surface area (Å²) in [7, 11) is 1.23. The van der Waals surface area contributed by atoms with Crippen LogP contribution < -0.4 is 10.6 Å². The second kappa shape index (κ2) is 8.92. The molecule has 1 aliphatic heterocycles. The number of methoxy groups -OCH3 is 1. The highest BCUT2D eigenvalue weighted by Crippen LogP contribution is 2.22. The number of amides is 1. The Bertz CT molecular complexity index is 836. The van der Waals surface area contributed by atoms with Gasteiger partial charge >= 0.3 is 5.97 Å². The maximum Gasteiger partial charge on any atom is 0.337 e. The maximum atomic E-state index is 14.0. The Morgan fingerprint density at radius 2 is 2.04 bits per heavy atom. The number of nitrogens with zero attached hydrogens (tertiary/aromatic N) is 3. The highest BCUT2D eigenvalue weighted by molar-refractivity contribution is 6.04. The zero-order valence-corrected chi connectivity index (χ0v) is 15.8. The van der Waals surface area contributed by atoms with Crippen molar-refractivity contribution in [2.24, 2.45) is 0 Å². The molecule has 0 spiro atoms. The minimum atomic E-state index is -0.658. The van der Waals surface area contributed by atoms with E-state index in [1.165, 1.54) is 19.2 Å². The molecule has 1 amide bonds. The van der Waals surface area contributed by atoms with Gasteiger partial charge in [-0.05, 0) is 51.1 Å². The highest BCUT2D eigenvalue weighted by Gasteiger charge is 2.23. The molecule has 0 radical (unpaired) electrons. The summed E-state index contributed by atoms with van der Waals surface area (Å²) < 4.78 is 20.3. The molecule has 146 valence electrons. The van der Waals surface area contributed by atoms with Gasteiger partial charge in [-0.2, -0.15) is 0 Å². The van der Waals surface area contributed by atoms with Crippen LogP contribution in [0.3, 0.4) is 0 Å². The Hall–Kier alpha value is -2.52. The van der Waals surface area contributed by atoms with Gasteiger partial charge in [-0.25, -0.2) is 13.9 Å². The molecule has 0 atom stereocenters. The van der Waals surface area contributed by atoms with Crippen LogP contribution >= 0.6 is 12.4 Å². The number of carbonyl (C=O) groups excluding carboxylic acids is 2. The number of esters is 1. The van der Waals surface area contributed by atoms with E-state index in [1.54, 1.807) is 11.6 Å². The molecule has 1 aliphatic rings. The first-order valence-electron chi connectivity index (χ1n) is 8.33. The molecule has 27 heavy (non-hydrogen) atoms. The van der Waals surface area contributed by atoms with Crippen molar-refractivity contribution in [3.05, 3.63) is 41.0 Å². The van der Waals surface area contributed by atoms with E-state index in [0.29, 0.717) is 5.69 Å². The van der Waals surface area contributed by atoms with Crippen molar-refractivity contribution >= 4 is 30.0 Å². The molecule has 2 aromatic rings. The van der Waals surface area contributed by atoms with Crippen molar-refractivity contribution in [1.82, 2.24) is 20.3 Å². The lowest BCUT2D eigenvalue weighted by atomic mass is 10.1. The van der Waals surface area contributed by atoms with E-state index < -0.39 is 17.7 Å². The lowest BCUT2D eigenvalue weighted by Gasteiger charge is -2.23. The van der Waals surface area contributed by atoms with Crippen LogP contribution in [-0.2, 0) is 4.74 Å². The first-order chi connectivity index (χ1) is 12.5. The quantitative estimate of drug-likeness (QED) is 0.767. The van der Waals surface area contributed by atoms with E-state index in [2.05, 4.69) is 25.7 Å². The minimum Gasteiger partial charge on any atom is -0.465 e. The molecule has 2 N–H and O–H groups in total. The molecule has 0 saturated carbocycles. The van der Waals surface area contributed by atoms with Gasteiger partial charge < -0.3 is 15.4 Å². The normalized spacial score (nSPS) is 14.3. The molecular weight excluding hydrogens is 377 g/mol. The van der Waals surface area contributed by atoms with Crippen molar-refractivity contribution in [3.8, 4) is 0 Å². The summed E-state index contributed by atoms with van der Waals surface area (Å²) in [6, 6.07) is 3.80. The molecule has 1 aromatic carbocycles. The summed E-state index contributed by atoms with van der Waals surface area (Å²) in [5, 5.41) is 13.8. The molecule has 3 rings (SSSR count). The molecule has 1 saturated heterocycles. The summed E-state index contributed by atoms with van der Waals surface area (Å²) in [5.74, 6) is -1.86. The minimum absolute atomic E-state index is 0. The molecule has 1 fully saturated rings. The van der Waals surface area contributed by atoms with E-state index in [0.717, 1.165) is 32.0 Å². The third-order valence-electron chi connectivity index (χ3n) is 4.43. The van der Waals surface area contributed by atoms with Crippen molar-refractivity contribution in [3.63, 3.8) is 0 Å². The van der Waals surface area contributed by atoms with Crippen molar-refractivity contribution in [2.45, 2.75) is 25.8 Å². The molecule has 1 aromatic heterocycles. The van der Waals surface area contributed by atoms with Gasteiger partial charge in [0.25, 0.3) is 5.91 Å². The third kappa shape index (κ3) is 4.42. The summed E-state index contributed by atoms with van der Waals surface area (Å²) in [4.78, 5) is 24.1. The second-order valence-corrected chi connectivity index (χ2v) is 6.09. The van der Waals surface area contributed by atoms with Crippen LogP contribution in [0.5, 0.6) is 0 Å². The van der Waals surface area contributed by atoms with Gasteiger partial charge in [0.15, 0.2) is 5.69 Å². The van der Waals surface area contributed by atoms with Gasteiger partial charge in [0.05, 0.1) is 30.1 Å². The van der Waals surface area contributed by atoms with E-state index in [-0.39, 0.29) is 35.4 Å². The summed E-state index contributed by atoms with van der Waals surface area (Å²) in [6.45, 7) is 3.53. The van der Waals surface area contributed by atoms with E-state index >= 15 is 0 Å². The SMILES string of the molecule is COC(=O)c1ccc(F)c(NC(=O)c2nnn(C3CCNCC3)c2C)c1.Cl. The van der Waals surface area contributed by atoms with Gasteiger partial charge in [-0.15, -0.1) is 17.5 Å². The van der Waals surface area contributed by atoms with Gasteiger partial charge in [-0.3, -0.25) is 4.79 Å². The van der Waals surface area contributed by atoms with E-state index in [4.69, 9.17) is 0 Å². The predicted molar refractivity (Wildman–Crippen MR) is 98.8 cm³/mol. The molecule has 2 heterocycles. The van der Waals surface area contributed by atoms with E-state index in [1.807, 2.05) is 0 Å². The molecule has 0 aliphatic carbocycles. The van der Waals surface area contributed by atoms with E-state index in [9.17, 15) is 14.0 Å². The van der Waals surface area contributed by atoms with Crippen molar-refractivity contribution in [2.75, 3.05) is 25.5 Å². The van der Waals surface area contributed by atoms with Crippen LogP contribution in [0.15, 0.2) is 18.2 Å². The number of carbonyl (C=O) groups is 2. The summed E-state index contributed by atoms with van der Waals surface area (Å²) >= 11 is 0. The fourth-order valence-corrected chi connectivity index (χ4v) is 3.00. The zero-order valence-electron chi connectivity index (χ0n) is 15.0. The number of anilines is 1. The lowest BCUT2D eigenvalue weighted by molar-refractivity contribution is 0.0600. The van der Waals surface area contributed by atoms with Crippen LogP contribution in [0.1, 0.15) is 45.4 Å². The smallest absolute Gasteiger partial charge is 0.337 e. The molecule has 0 bridgehead atoms. The Labute approximate surface area is 161 Å². The van der Waals surface area contributed by atoms with Crippen LogP contribution in [0.25, 0.3) is 0 Å². The lowest BCUT2D eigenvalue weighted by Crippen LogP contribution is -2.30. The number of hydrogen-bond acceptors (Lipinski definition) is 6. The Kier molecular flexibility index (Phi) is 6.86. The summed E-state index contributed by atoms with van der Waals surface area (Å²) in [5.41, 5.74) is 0.776. The largest absolute Gasteiger partial charge is 0.465 e. The fraction of sp³-hybridized carbons (Fsp3) is 0.412. The Balaban J connectivity index is 0.00000261. The molecule has 0 unspecified atom stereocenters. The van der Waals surface area contributed by atoms with Gasteiger partial charge in [0.2, 0.25) is 0 Å². The van der Waals surface area contributed by atoms with Crippen LogP contribution in [0.2, 0.25) is 0 Å². The zero-order chi connectivity index (χ0) is 18.7. The average molecular weight is 398 g/mol. The topological polar surface area (TPSA) is 98.1 Å². The number of piperidine rings is 1. The average Bonchev–Trinajstić information content (AvgIpc) is 3.05. The van der Waals surface area contributed by atoms with Gasteiger partial charge in [-0.1, -0.05) is 5.21 Å². The number of nitrogens with one attached hydrogen (secondary N) is 2. The number of hydrogen-bond donors (Lipinski definition) is 2. The molecular formula is C17H21ClFN5O3. The van der Waals surface area contributed by atoms with Crippen molar-refractivity contribution < 1.29 is 18.7 Å². The monoisotopic (exact) mass is 397 g/mol. The Morgan fingerprint density at radius 1 is 1.33 bits per heavy atom. The maximum absolute atomic E-state index is 14.0. The van der Waals surface area contributed by atoms with Crippen LogP contribution in [-0.4, -0.2) is 47.1 Å². The van der Waals surface area contributed by atoms with Crippen LogP contribution in [0, 0.1) is 12.7 Å². The number of halogens is 2. The number of ether oxygens (including phenoxy) is 1. The van der Waals surface area contributed by atoms with Crippen LogP contribution in [0.4, 0.5) is 10.1 Å². The fourth-order valence-electron chi connectivity index (χ4n) is 3.00. The van der Waals surface area contributed by atoms with Gasteiger partial charge in [0.1, 0.15) is 5.82 Å². The third-order valence-corrected chi connectivity index (χ3v) is 4.43.